The fraction of sp³-hybridized carbons (Fsp3) is 0.231. The minimum absolute atomic E-state index is 0.234. The van der Waals surface area contributed by atoms with Crippen molar-refractivity contribution in [2.45, 2.75) is 18.4 Å². The zero-order valence-electron chi connectivity index (χ0n) is 9.28. The number of hydrogen-bond donors (Lipinski definition) is 1. The van der Waals surface area contributed by atoms with Crippen molar-refractivity contribution in [2.24, 2.45) is 0 Å². The maximum absolute atomic E-state index is 11.7. The fourth-order valence-corrected chi connectivity index (χ4v) is 2.23. The number of nitrogens with zero attached hydrogens (tertiary/aromatic N) is 2. The molecule has 2 N–H and O–H groups in total. The zero-order chi connectivity index (χ0) is 11.8. The summed E-state index contributed by atoms with van der Waals surface area (Å²) in [6.45, 7) is 0. The van der Waals surface area contributed by atoms with E-state index >= 15 is 0 Å². The fourth-order valence-electron chi connectivity index (χ4n) is 2.23. The van der Waals surface area contributed by atoms with E-state index in [1.165, 1.54) is 5.56 Å². The van der Waals surface area contributed by atoms with E-state index in [2.05, 4.69) is 17.1 Å². The van der Waals surface area contributed by atoms with Gasteiger partial charge < -0.3 is 5.73 Å². The molecule has 1 aromatic carbocycles. The molecule has 3 rings (SSSR count). The number of aromatic nitrogens is 2. The molecule has 4 heteroatoms. The molecule has 1 saturated carbocycles. The van der Waals surface area contributed by atoms with Crippen LogP contribution in [0.15, 0.2) is 47.4 Å². The van der Waals surface area contributed by atoms with Crippen LogP contribution in [0.3, 0.4) is 0 Å². The topological polar surface area (TPSA) is 60.9 Å². The highest BCUT2D eigenvalue weighted by molar-refractivity contribution is 5.28. The molecule has 0 unspecified atom stereocenters. The van der Waals surface area contributed by atoms with Gasteiger partial charge in [-0.3, -0.25) is 4.57 Å². The minimum Gasteiger partial charge on any atom is -0.383 e. The van der Waals surface area contributed by atoms with E-state index in [0.717, 1.165) is 6.42 Å². The average Bonchev–Trinajstić information content (AvgIpc) is 3.10. The Balaban J connectivity index is 1.88. The molecule has 17 heavy (non-hydrogen) atoms. The lowest BCUT2D eigenvalue weighted by Gasteiger charge is -2.04. The molecule has 86 valence electrons. The van der Waals surface area contributed by atoms with Gasteiger partial charge in [0.25, 0.3) is 0 Å². The number of nitrogens with two attached hydrogens (primary N) is 1. The normalized spacial score (nSPS) is 22.4. The van der Waals surface area contributed by atoms with E-state index in [9.17, 15) is 4.79 Å². The maximum atomic E-state index is 11.7. The summed E-state index contributed by atoms with van der Waals surface area (Å²) >= 11 is 0. The Morgan fingerprint density at radius 2 is 2.00 bits per heavy atom. The first-order chi connectivity index (χ1) is 8.25. The highest BCUT2D eigenvalue weighted by Crippen LogP contribution is 2.50. The van der Waals surface area contributed by atoms with Crippen LogP contribution >= 0.6 is 0 Å². The molecule has 0 aliphatic heterocycles. The van der Waals surface area contributed by atoms with Crippen molar-refractivity contribution in [1.82, 2.24) is 9.55 Å². The Bertz CT molecular complexity index is 591. The molecule has 4 nitrogen and oxygen atoms in total. The lowest BCUT2D eigenvalue weighted by Crippen LogP contribution is -2.22. The third-order valence-corrected chi connectivity index (χ3v) is 3.19. The molecular weight excluding hydrogens is 214 g/mol. The Morgan fingerprint density at radius 1 is 1.24 bits per heavy atom. The summed E-state index contributed by atoms with van der Waals surface area (Å²) in [6.07, 6.45) is 2.73. The van der Waals surface area contributed by atoms with Gasteiger partial charge in [-0.15, -0.1) is 0 Å². The molecule has 1 aliphatic carbocycles. The van der Waals surface area contributed by atoms with Crippen molar-refractivity contribution in [3.8, 4) is 0 Å². The van der Waals surface area contributed by atoms with E-state index in [-0.39, 0.29) is 17.5 Å². The quantitative estimate of drug-likeness (QED) is 0.846. The van der Waals surface area contributed by atoms with Crippen LogP contribution in [0.5, 0.6) is 0 Å². The molecule has 0 saturated heterocycles. The van der Waals surface area contributed by atoms with Crippen molar-refractivity contribution in [3.63, 3.8) is 0 Å². The van der Waals surface area contributed by atoms with Crippen LogP contribution in [0, 0.1) is 0 Å². The smallest absolute Gasteiger partial charge is 0.349 e. The first-order valence-electron chi connectivity index (χ1n) is 5.65. The molecule has 1 heterocycles. The van der Waals surface area contributed by atoms with Crippen LogP contribution < -0.4 is 11.4 Å². The number of nitrogen functional groups attached to an aromatic ring is 1. The molecule has 2 aromatic rings. The molecular formula is C13H13N3O. The third-order valence-electron chi connectivity index (χ3n) is 3.19. The van der Waals surface area contributed by atoms with Gasteiger partial charge in [0.05, 0.1) is 0 Å². The Labute approximate surface area is 98.7 Å². The van der Waals surface area contributed by atoms with E-state index in [1.54, 1.807) is 16.8 Å². The van der Waals surface area contributed by atoms with Crippen LogP contribution in [-0.4, -0.2) is 9.55 Å². The number of anilines is 1. The largest absolute Gasteiger partial charge is 0.383 e. The number of rotatable bonds is 2. The molecule has 2 atom stereocenters. The monoisotopic (exact) mass is 227 g/mol. The summed E-state index contributed by atoms with van der Waals surface area (Å²) in [5, 5.41) is 0. The predicted molar refractivity (Wildman–Crippen MR) is 65.7 cm³/mol. The van der Waals surface area contributed by atoms with Crippen molar-refractivity contribution in [2.75, 3.05) is 5.73 Å². The second-order valence-electron chi connectivity index (χ2n) is 4.36. The van der Waals surface area contributed by atoms with Gasteiger partial charge in [-0.05, 0) is 18.1 Å². The van der Waals surface area contributed by atoms with Crippen LogP contribution in [-0.2, 0) is 0 Å². The second kappa shape index (κ2) is 3.73. The summed E-state index contributed by atoms with van der Waals surface area (Å²) in [4.78, 5) is 15.4. The second-order valence-corrected chi connectivity index (χ2v) is 4.36. The molecule has 0 spiro atoms. The lowest BCUT2D eigenvalue weighted by atomic mass is 10.1. The maximum Gasteiger partial charge on any atom is 0.349 e. The number of benzene rings is 1. The van der Waals surface area contributed by atoms with Gasteiger partial charge in [-0.2, -0.15) is 4.98 Å². The van der Waals surface area contributed by atoms with E-state index < -0.39 is 0 Å². The van der Waals surface area contributed by atoms with E-state index in [4.69, 9.17) is 5.73 Å². The summed E-state index contributed by atoms with van der Waals surface area (Å²) in [5.41, 5.74) is 6.49. The van der Waals surface area contributed by atoms with Crippen LogP contribution in [0.2, 0.25) is 0 Å². The summed E-state index contributed by atoms with van der Waals surface area (Å²) in [6, 6.07) is 12.1. The molecule has 0 bridgehead atoms. The first-order valence-corrected chi connectivity index (χ1v) is 5.65. The van der Waals surface area contributed by atoms with Gasteiger partial charge in [-0.25, -0.2) is 4.79 Å². The van der Waals surface area contributed by atoms with Gasteiger partial charge in [0, 0.05) is 18.2 Å². The summed E-state index contributed by atoms with van der Waals surface area (Å²) < 4.78 is 1.67. The van der Waals surface area contributed by atoms with Gasteiger partial charge in [0.2, 0.25) is 0 Å². The van der Waals surface area contributed by atoms with E-state index in [0.29, 0.717) is 5.92 Å². The van der Waals surface area contributed by atoms with Gasteiger partial charge in [0.15, 0.2) is 0 Å². The van der Waals surface area contributed by atoms with Crippen molar-refractivity contribution >= 4 is 5.82 Å². The Morgan fingerprint density at radius 3 is 2.71 bits per heavy atom. The predicted octanol–water partition coefficient (Wildman–Crippen LogP) is 1.55. The van der Waals surface area contributed by atoms with Crippen LogP contribution in [0.25, 0.3) is 0 Å². The van der Waals surface area contributed by atoms with E-state index in [1.807, 2.05) is 18.2 Å². The lowest BCUT2D eigenvalue weighted by molar-refractivity contribution is 0.664. The number of hydrogen-bond acceptors (Lipinski definition) is 3. The van der Waals surface area contributed by atoms with Gasteiger partial charge in [-0.1, -0.05) is 30.3 Å². The Kier molecular flexibility index (Phi) is 2.21. The van der Waals surface area contributed by atoms with Crippen LogP contribution in [0.1, 0.15) is 23.9 Å². The molecule has 1 fully saturated rings. The highest BCUT2D eigenvalue weighted by atomic mass is 16.1. The van der Waals surface area contributed by atoms with Gasteiger partial charge >= 0.3 is 5.69 Å². The van der Waals surface area contributed by atoms with Crippen molar-refractivity contribution in [3.05, 3.63) is 58.6 Å². The van der Waals surface area contributed by atoms with Gasteiger partial charge in [0.1, 0.15) is 5.82 Å². The minimum atomic E-state index is -0.256. The SMILES string of the molecule is Nc1ccn([C@H]2C[C@@H]2c2ccccc2)c(=O)n1. The molecule has 1 aliphatic rings. The van der Waals surface area contributed by atoms with Crippen molar-refractivity contribution in [1.29, 1.82) is 0 Å². The molecule has 0 radical (unpaired) electrons. The first kappa shape index (κ1) is 10.1. The highest BCUT2D eigenvalue weighted by Gasteiger charge is 2.40. The molecule has 0 amide bonds. The summed E-state index contributed by atoms with van der Waals surface area (Å²) in [7, 11) is 0. The summed E-state index contributed by atoms with van der Waals surface area (Å²) in [5.74, 6) is 0.711. The molecule has 1 aromatic heterocycles. The standard InChI is InChI=1S/C13H13N3O/c14-12-6-7-16(13(17)15-12)11-8-10(11)9-4-2-1-3-5-9/h1-7,10-11H,8H2,(H2,14,15,17)/t10-,11+/m1/s1. The Hall–Kier alpha value is -2.10. The van der Waals surface area contributed by atoms with Crippen LogP contribution in [0.4, 0.5) is 5.82 Å². The third kappa shape index (κ3) is 1.82. The zero-order valence-corrected chi connectivity index (χ0v) is 9.28. The van der Waals surface area contributed by atoms with Crippen molar-refractivity contribution < 1.29 is 0 Å². The average molecular weight is 227 g/mol.